The fourth-order valence-corrected chi connectivity index (χ4v) is 6.74. The number of nitrogens with one attached hydrogen (secondary N) is 1. The van der Waals surface area contributed by atoms with Crippen LogP contribution in [0.15, 0.2) is 24.3 Å². The van der Waals surface area contributed by atoms with Crippen LogP contribution in [0.5, 0.6) is 17.6 Å². The molecule has 4 aromatic rings. The number of ether oxygens (including phenoxy) is 2. The number of hydrogen-bond acceptors (Lipinski definition) is 9. The number of aromatic hydroxyl groups is 1. The van der Waals surface area contributed by atoms with E-state index in [9.17, 15) is 18.7 Å². The first-order valence-electron chi connectivity index (χ1n) is 14.9. The van der Waals surface area contributed by atoms with E-state index in [-0.39, 0.29) is 36.2 Å². The number of amides is 1. The smallest absolute Gasteiger partial charge is 0.319 e. The van der Waals surface area contributed by atoms with Crippen molar-refractivity contribution in [1.29, 1.82) is 0 Å². The number of primary amides is 1. The molecule has 1 amide bonds. The molecule has 0 aliphatic carbocycles. The van der Waals surface area contributed by atoms with Crippen LogP contribution in [0, 0.1) is 25.1 Å². The minimum atomic E-state index is -0.913. The van der Waals surface area contributed by atoms with Crippen LogP contribution in [-0.4, -0.2) is 75.9 Å². The number of phenols is 1. The molecule has 0 radical (unpaired) electrons. The van der Waals surface area contributed by atoms with E-state index in [1.54, 1.807) is 13.0 Å². The van der Waals surface area contributed by atoms with E-state index in [4.69, 9.17) is 31.6 Å². The Hall–Kier alpha value is -4.76. The predicted molar refractivity (Wildman–Crippen MR) is 167 cm³/mol. The minimum Gasteiger partial charge on any atom is -0.508 e. The average Bonchev–Trinajstić information content (AvgIpc) is 3.54. The molecule has 45 heavy (non-hydrogen) atoms. The van der Waals surface area contributed by atoms with E-state index >= 15 is 0 Å². The first kappa shape index (κ1) is 30.3. The Morgan fingerprint density at radius 3 is 2.87 bits per heavy atom. The molecule has 12 heteroatoms. The van der Waals surface area contributed by atoms with Crippen molar-refractivity contribution in [2.45, 2.75) is 50.7 Å². The number of hydrogen-bond donors (Lipinski definition) is 3. The molecule has 2 aromatic carbocycles. The molecule has 4 heterocycles. The van der Waals surface area contributed by atoms with Gasteiger partial charge in [0.2, 0.25) is 11.8 Å². The molecule has 4 N–H and O–H groups in total. The van der Waals surface area contributed by atoms with E-state index in [2.05, 4.69) is 21.1 Å². The highest BCUT2D eigenvalue weighted by Gasteiger charge is 2.49. The number of pyridine rings is 1. The third kappa shape index (κ3) is 5.53. The van der Waals surface area contributed by atoms with Crippen LogP contribution in [0.2, 0.25) is 0 Å². The summed E-state index contributed by atoms with van der Waals surface area (Å²) < 4.78 is 41.3. The number of carbonyl (C=O) groups is 1. The fourth-order valence-electron chi connectivity index (χ4n) is 6.74. The zero-order valence-electron chi connectivity index (χ0n) is 25.1. The number of methoxy groups -OCH3 is 1. The number of nitrogens with zero attached hydrogens (tertiary/aromatic N) is 4. The van der Waals surface area contributed by atoms with E-state index in [0.29, 0.717) is 70.2 Å². The van der Waals surface area contributed by atoms with E-state index < -0.39 is 23.4 Å². The van der Waals surface area contributed by atoms with Gasteiger partial charge in [0.1, 0.15) is 35.5 Å². The van der Waals surface area contributed by atoms with Crippen LogP contribution in [0.1, 0.15) is 43.2 Å². The third-order valence-electron chi connectivity index (χ3n) is 8.79. The lowest BCUT2D eigenvalue weighted by Crippen LogP contribution is -2.43. The maximum Gasteiger partial charge on any atom is 0.319 e. The zero-order chi connectivity index (χ0) is 31.9. The number of phenolic OH excluding ortho intramolecular Hbond substituents is 1. The number of terminal acetylenes is 1. The topological polar surface area (TPSA) is 136 Å². The number of alkyl halides is 1. The van der Waals surface area contributed by atoms with Gasteiger partial charge in [0.05, 0.1) is 29.4 Å². The second-order valence-electron chi connectivity index (χ2n) is 11.7. The highest BCUT2D eigenvalue weighted by Crippen LogP contribution is 2.43. The number of rotatable bonds is 10. The number of aromatic nitrogens is 3. The van der Waals surface area contributed by atoms with Crippen LogP contribution < -0.4 is 20.5 Å². The van der Waals surface area contributed by atoms with Gasteiger partial charge in [-0.1, -0.05) is 12.0 Å². The molecule has 2 atom stereocenters. The van der Waals surface area contributed by atoms with Crippen molar-refractivity contribution < 1.29 is 28.2 Å². The Bertz CT molecular complexity index is 1860. The van der Waals surface area contributed by atoms with Crippen molar-refractivity contribution >= 4 is 33.4 Å². The molecule has 6 rings (SSSR count). The zero-order valence-corrected chi connectivity index (χ0v) is 25.1. The summed E-state index contributed by atoms with van der Waals surface area (Å²) in [7, 11) is 1.45. The number of anilines is 1. The highest BCUT2D eigenvalue weighted by atomic mass is 19.1. The van der Waals surface area contributed by atoms with Crippen molar-refractivity contribution in [3.63, 3.8) is 0 Å². The van der Waals surface area contributed by atoms with Gasteiger partial charge in [-0.25, -0.2) is 13.8 Å². The first-order valence-corrected chi connectivity index (χ1v) is 14.9. The number of aryl methyl sites for hydroxylation is 1. The van der Waals surface area contributed by atoms with Crippen molar-refractivity contribution in [1.82, 2.24) is 19.9 Å². The van der Waals surface area contributed by atoms with Crippen molar-refractivity contribution in [3.8, 4) is 41.2 Å². The Balaban J connectivity index is 1.51. The van der Waals surface area contributed by atoms with Crippen LogP contribution in [0.3, 0.4) is 0 Å². The van der Waals surface area contributed by atoms with Gasteiger partial charge in [0, 0.05) is 42.4 Å². The Morgan fingerprint density at radius 1 is 1.29 bits per heavy atom. The molecule has 0 unspecified atom stereocenters. The van der Waals surface area contributed by atoms with Gasteiger partial charge in [-0.15, -0.1) is 6.42 Å². The maximum absolute atomic E-state index is 14.9. The second kappa shape index (κ2) is 12.0. The predicted octanol–water partition coefficient (Wildman–Crippen LogP) is 4.62. The van der Waals surface area contributed by atoms with E-state index in [1.165, 1.54) is 25.3 Å². The lowest BCUT2D eigenvalue weighted by atomic mass is 9.94. The van der Waals surface area contributed by atoms with Crippen LogP contribution in [0.4, 0.5) is 14.6 Å². The molecular formula is C33H34F2N6O4. The van der Waals surface area contributed by atoms with Crippen LogP contribution in [-0.2, 0) is 4.79 Å². The molecule has 2 aliphatic rings. The average molecular weight is 617 g/mol. The monoisotopic (exact) mass is 616 g/mol. The molecule has 2 aromatic heterocycles. The van der Waals surface area contributed by atoms with Crippen molar-refractivity contribution in [2.75, 3.05) is 38.7 Å². The number of benzene rings is 2. The maximum atomic E-state index is 14.9. The third-order valence-corrected chi connectivity index (χ3v) is 8.79. The molecule has 0 spiro atoms. The molecule has 2 fully saturated rings. The SMILES string of the molecule is C#Cc1c(F)ccc2cc(O)cc(-c3nc(OC)c4c(NCCCC(N)=O)nc(OC[C@@]56CCCN5C[C@H](F)C6)nc4c3C)c12. The van der Waals surface area contributed by atoms with E-state index in [1.807, 2.05) is 0 Å². The fraction of sp³-hybridized carbons (Fsp3) is 0.394. The van der Waals surface area contributed by atoms with Gasteiger partial charge < -0.3 is 25.6 Å². The van der Waals surface area contributed by atoms with Gasteiger partial charge in [0.25, 0.3) is 0 Å². The summed E-state index contributed by atoms with van der Waals surface area (Å²) in [6.07, 6.45) is 7.62. The molecule has 2 saturated heterocycles. The van der Waals surface area contributed by atoms with Gasteiger partial charge in [-0.05, 0) is 56.3 Å². The van der Waals surface area contributed by atoms with Gasteiger partial charge in [-0.3, -0.25) is 9.69 Å². The molecule has 10 nitrogen and oxygen atoms in total. The number of halogens is 2. The number of nitrogens with two attached hydrogens (primary N) is 1. The van der Waals surface area contributed by atoms with Gasteiger partial charge in [0.15, 0.2) is 0 Å². The molecule has 0 bridgehead atoms. The Morgan fingerprint density at radius 2 is 2.11 bits per heavy atom. The molecule has 0 saturated carbocycles. The summed E-state index contributed by atoms with van der Waals surface area (Å²) in [6, 6.07) is 5.86. The first-order chi connectivity index (χ1) is 21.6. The highest BCUT2D eigenvalue weighted by molar-refractivity contribution is 6.05. The molecule has 2 aliphatic heterocycles. The summed E-state index contributed by atoms with van der Waals surface area (Å²) in [5.74, 6) is 1.92. The summed E-state index contributed by atoms with van der Waals surface area (Å²) in [5, 5.41) is 15.3. The summed E-state index contributed by atoms with van der Waals surface area (Å²) in [4.78, 5) is 27.7. The van der Waals surface area contributed by atoms with Crippen molar-refractivity contribution in [3.05, 3.63) is 41.2 Å². The summed E-state index contributed by atoms with van der Waals surface area (Å²) >= 11 is 0. The van der Waals surface area contributed by atoms with Crippen molar-refractivity contribution in [2.24, 2.45) is 5.73 Å². The lowest BCUT2D eigenvalue weighted by molar-refractivity contribution is -0.118. The lowest BCUT2D eigenvalue weighted by Gasteiger charge is -2.30. The Kier molecular flexibility index (Phi) is 8.05. The normalized spacial score (nSPS) is 19.5. The number of fused-ring (bicyclic) bond motifs is 3. The number of carbonyl (C=O) groups excluding carboxylic acids is 1. The van der Waals surface area contributed by atoms with Gasteiger partial charge in [-0.2, -0.15) is 9.97 Å². The molecular weight excluding hydrogens is 582 g/mol. The second-order valence-corrected chi connectivity index (χ2v) is 11.7. The van der Waals surface area contributed by atoms with Gasteiger partial charge >= 0.3 is 6.01 Å². The Labute approximate surface area is 259 Å². The minimum absolute atomic E-state index is 0.0365. The van der Waals surface area contributed by atoms with Crippen LogP contribution >= 0.6 is 0 Å². The summed E-state index contributed by atoms with van der Waals surface area (Å²) in [6.45, 7) is 3.58. The largest absolute Gasteiger partial charge is 0.508 e. The summed E-state index contributed by atoms with van der Waals surface area (Å²) in [5.41, 5.74) is 6.71. The quantitative estimate of drug-likeness (QED) is 0.172. The standard InChI is InChI=1S/C33H34F2N6O4/c1-4-22-24(35)9-8-19-13-21(42)14-23(26(19)22)28-18(2)29-27(31(38-28)44-3)30(37-11-5-7-25(36)43)40-32(39-29)45-17-33-10-6-12-41(33)16-20(34)15-33/h1,8-9,13-14,20,42H,5-7,10-12,15-17H2,2-3H3,(H2,36,43)(H,37,39,40)/t20-,33+/m1/s1. The van der Waals surface area contributed by atoms with Crippen LogP contribution in [0.25, 0.3) is 32.9 Å². The molecule has 234 valence electrons. The van der Waals surface area contributed by atoms with E-state index in [0.717, 1.165) is 19.4 Å².